The zero-order chi connectivity index (χ0) is 15.4. The predicted molar refractivity (Wildman–Crippen MR) is 91.9 cm³/mol. The van der Waals surface area contributed by atoms with Gasteiger partial charge >= 0.3 is 0 Å². The summed E-state index contributed by atoms with van der Waals surface area (Å²) in [6.07, 6.45) is 0.0404. The molecule has 0 bridgehead atoms. The van der Waals surface area contributed by atoms with Crippen LogP contribution in [-0.2, 0) is 11.3 Å². The van der Waals surface area contributed by atoms with Gasteiger partial charge in [-0.05, 0) is 28.8 Å². The lowest BCUT2D eigenvalue weighted by Gasteiger charge is -2.34. The normalized spacial score (nSPS) is 19.0. The van der Waals surface area contributed by atoms with Crippen molar-refractivity contribution >= 4 is 17.2 Å². The fourth-order valence-corrected chi connectivity index (χ4v) is 2.87. The molecule has 2 aromatic rings. The first-order chi connectivity index (χ1) is 10.7. The monoisotopic (exact) mass is 313 g/mol. The number of halogens is 1. The topological polar surface area (TPSA) is 12.5 Å². The van der Waals surface area contributed by atoms with Gasteiger partial charge in [-0.2, -0.15) is 0 Å². The first kappa shape index (κ1) is 15.3. The smallest absolute Gasteiger partial charge is 0.0952 e. The van der Waals surface area contributed by atoms with E-state index in [-0.39, 0.29) is 6.10 Å². The maximum absolute atomic E-state index is 5.95. The average Bonchev–Trinajstić information content (AvgIpc) is 2.56. The summed E-state index contributed by atoms with van der Waals surface area (Å²) in [6, 6.07) is 18.3. The van der Waals surface area contributed by atoms with Gasteiger partial charge in [-0.25, -0.2) is 0 Å². The van der Waals surface area contributed by atoms with Crippen LogP contribution in [0.4, 0.5) is 0 Å². The largest absolute Gasteiger partial charge is 0.371 e. The summed E-state index contributed by atoms with van der Waals surface area (Å²) in [5.74, 6) is 0. The summed E-state index contributed by atoms with van der Waals surface area (Å²) in [4.78, 5) is 2.42. The van der Waals surface area contributed by atoms with Crippen LogP contribution in [0.5, 0.6) is 0 Å². The van der Waals surface area contributed by atoms with Gasteiger partial charge in [-0.15, -0.1) is 0 Å². The van der Waals surface area contributed by atoms with Crippen molar-refractivity contribution in [1.82, 2.24) is 4.90 Å². The fourth-order valence-electron chi connectivity index (χ4n) is 2.75. The average molecular weight is 314 g/mol. The van der Waals surface area contributed by atoms with Crippen molar-refractivity contribution in [2.45, 2.75) is 12.6 Å². The van der Waals surface area contributed by atoms with Gasteiger partial charge in [-0.3, -0.25) is 4.90 Å². The van der Waals surface area contributed by atoms with E-state index >= 15 is 0 Å². The SMILES string of the molecule is C=C(c1ccc(Cl)cc1)[C@H]1CN(Cc2ccccc2)CCO1. The first-order valence-corrected chi connectivity index (χ1v) is 7.93. The van der Waals surface area contributed by atoms with Crippen LogP contribution in [0.25, 0.3) is 5.57 Å². The van der Waals surface area contributed by atoms with E-state index in [0.29, 0.717) is 0 Å². The predicted octanol–water partition coefficient (Wildman–Crippen LogP) is 4.25. The molecule has 0 unspecified atom stereocenters. The Kier molecular flexibility index (Phi) is 4.94. The van der Waals surface area contributed by atoms with Crippen LogP contribution in [0, 0.1) is 0 Å². The molecule has 1 aliphatic heterocycles. The molecule has 0 saturated carbocycles. The Morgan fingerprint density at radius 1 is 1.14 bits per heavy atom. The number of ether oxygens (including phenoxy) is 1. The zero-order valence-electron chi connectivity index (χ0n) is 12.5. The van der Waals surface area contributed by atoms with Crippen molar-refractivity contribution in [2.75, 3.05) is 19.7 Å². The molecule has 1 heterocycles. The maximum Gasteiger partial charge on any atom is 0.0952 e. The maximum atomic E-state index is 5.95. The van der Waals surface area contributed by atoms with Gasteiger partial charge in [-0.1, -0.05) is 60.6 Å². The Bertz CT molecular complexity index is 624. The number of rotatable bonds is 4. The zero-order valence-corrected chi connectivity index (χ0v) is 13.3. The molecule has 22 heavy (non-hydrogen) atoms. The Labute approximate surface area is 137 Å². The summed E-state index contributed by atoms with van der Waals surface area (Å²) >= 11 is 5.95. The molecule has 1 aliphatic rings. The van der Waals surface area contributed by atoms with E-state index in [9.17, 15) is 0 Å². The van der Waals surface area contributed by atoms with Gasteiger partial charge in [0, 0.05) is 24.7 Å². The van der Waals surface area contributed by atoms with E-state index in [1.807, 2.05) is 30.3 Å². The second-order valence-corrected chi connectivity index (χ2v) is 6.05. The van der Waals surface area contributed by atoms with Crippen LogP contribution < -0.4 is 0 Å². The van der Waals surface area contributed by atoms with Crippen molar-refractivity contribution < 1.29 is 4.74 Å². The van der Waals surface area contributed by atoms with E-state index in [4.69, 9.17) is 16.3 Å². The van der Waals surface area contributed by atoms with Crippen molar-refractivity contribution in [3.63, 3.8) is 0 Å². The second-order valence-electron chi connectivity index (χ2n) is 5.61. The molecule has 0 spiro atoms. The summed E-state index contributed by atoms with van der Waals surface area (Å²) < 4.78 is 5.92. The highest BCUT2D eigenvalue weighted by Crippen LogP contribution is 2.24. The van der Waals surface area contributed by atoms with E-state index in [0.717, 1.165) is 42.4 Å². The molecule has 2 nitrogen and oxygen atoms in total. The fraction of sp³-hybridized carbons (Fsp3) is 0.263. The third kappa shape index (κ3) is 3.77. The van der Waals surface area contributed by atoms with Crippen LogP contribution in [0.2, 0.25) is 5.02 Å². The molecule has 1 fully saturated rings. The van der Waals surface area contributed by atoms with Gasteiger partial charge in [0.1, 0.15) is 0 Å². The molecule has 3 rings (SSSR count). The first-order valence-electron chi connectivity index (χ1n) is 7.55. The number of benzene rings is 2. The van der Waals surface area contributed by atoms with E-state index < -0.39 is 0 Å². The minimum Gasteiger partial charge on any atom is -0.371 e. The van der Waals surface area contributed by atoms with Crippen LogP contribution >= 0.6 is 11.6 Å². The number of hydrogen-bond donors (Lipinski definition) is 0. The number of hydrogen-bond acceptors (Lipinski definition) is 2. The number of nitrogens with zero attached hydrogens (tertiary/aromatic N) is 1. The van der Waals surface area contributed by atoms with Gasteiger partial charge in [0.05, 0.1) is 12.7 Å². The molecule has 1 atom stereocenters. The Morgan fingerprint density at radius 3 is 2.59 bits per heavy atom. The van der Waals surface area contributed by atoms with Crippen molar-refractivity contribution in [2.24, 2.45) is 0 Å². The van der Waals surface area contributed by atoms with Crippen LogP contribution in [0.1, 0.15) is 11.1 Å². The molecule has 0 aromatic heterocycles. The lowest BCUT2D eigenvalue weighted by Crippen LogP contribution is -2.42. The minimum atomic E-state index is 0.0404. The second kappa shape index (κ2) is 7.10. The van der Waals surface area contributed by atoms with Crippen LogP contribution in [-0.4, -0.2) is 30.7 Å². The Morgan fingerprint density at radius 2 is 1.86 bits per heavy atom. The molecule has 0 amide bonds. The van der Waals surface area contributed by atoms with Crippen molar-refractivity contribution in [3.8, 4) is 0 Å². The minimum absolute atomic E-state index is 0.0404. The Hall–Kier alpha value is -1.61. The van der Waals surface area contributed by atoms with Gasteiger partial charge < -0.3 is 4.74 Å². The molecule has 114 valence electrons. The summed E-state index contributed by atoms with van der Waals surface area (Å²) in [5.41, 5.74) is 3.45. The van der Waals surface area contributed by atoms with E-state index in [1.54, 1.807) is 0 Å². The Balaban J connectivity index is 1.65. The third-order valence-electron chi connectivity index (χ3n) is 4.00. The highest BCUT2D eigenvalue weighted by atomic mass is 35.5. The van der Waals surface area contributed by atoms with Crippen molar-refractivity contribution in [3.05, 3.63) is 77.3 Å². The third-order valence-corrected chi connectivity index (χ3v) is 4.26. The molecule has 0 aliphatic carbocycles. The molecular formula is C19H20ClNO. The van der Waals surface area contributed by atoms with Crippen LogP contribution in [0.3, 0.4) is 0 Å². The van der Waals surface area contributed by atoms with Gasteiger partial charge in [0.15, 0.2) is 0 Å². The molecule has 2 aromatic carbocycles. The van der Waals surface area contributed by atoms with Gasteiger partial charge in [0.2, 0.25) is 0 Å². The van der Waals surface area contributed by atoms with E-state index in [2.05, 4.69) is 35.7 Å². The quantitative estimate of drug-likeness (QED) is 0.836. The molecule has 1 saturated heterocycles. The van der Waals surface area contributed by atoms with Gasteiger partial charge in [0.25, 0.3) is 0 Å². The van der Waals surface area contributed by atoms with Crippen LogP contribution in [0.15, 0.2) is 61.2 Å². The summed E-state index contributed by atoms with van der Waals surface area (Å²) in [6.45, 7) is 7.75. The lowest BCUT2D eigenvalue weighted by molar-refractivity contribution is -0.00129. The van der Waals surface area contributed by atoms with E-state index in [1.165, 1.54) is 5.56 Å². The highest BCUT2D eigenvalue weighted by Gasteiger charge is 2.23. The molecular weight excluding hydrogens is 294 g/mol. The molecule has 0 N–H and O–H groups in total. The summed E-state index contributed by atoms with van der Waals surface area (Å²) in [7, 11) is 0. The highest BCUT2D eigenvalue weighted by molar-refractivity contribution is 6.30. The van der Waals surface area contributed by atoms with Crippen molar-refractivity contribution in [1.29, 1.82) is 0 Å². The summed E-state index contributed by atoms with van der Waals surface area (Å²) in [5, 5.41) is 0.742. The molecule has 3 heteroatoms. The standard InChI is InChI=1S/C19H20ClNO/c1-15(17-7-9-18(20)10-8-17)19-14-21(11-12-22-19)13-16-5-3-2-4-6-16/h2-10,19H,1,11-14H2/t19-/m1/s1. The molecule has 0 radical (unpaired) electrons. The lowest BCUT2D eigenvalue weighted by atomic mass is 10.0. The number of morpholine rings is 1.